The second-order valence-corrected chi connectivity index (χ2v) is 4.65. The number of hydrogen-bond acceptors (Lipinski definition) is 2. The third-order valence-corrected chi connectivity index (χ3v) is 3.61. The topological polar surface area (TPSA) is 20.2 Å². The molecule has 1 saturated carbocycles. The first kappa shape index (κ1) is 7.54. The first-order valence-corrected chi connectivity index (χ1v) is 5.36. The molecule has 1 nitrogen and oxygen atoms in total. The van der Waals surface area contributed by atoms with Crippen molar-refractivity contribution < 1.29 is 5.11 Å². The SMILES string of the molecule is OC1(c2ccc3sccc3c2)CC1. The second kappa shape index (κ2) is 2.34. The molecular weight excluding hydrogens is 180 g/mol. The van der Waals surface area contributed by atoms with Crippen LogP contribution in [0.1, 0.15) is 18.4 Å². The minimum atomic E-state index is -0.490. The van der Waals surface area contributed by atoms with Crippen LogP contribution in [0.2, 0.25) is 0 Å². The second-order valence-electron chi connectivity index (χ2n) is 3.70. The fourth-order valence-corrected chi connectivity index (χ4v) is 2.43. The molecule has 0 spiro atoms. The Bertz CT molecular complexity index is 454. The molecule has 2 heteroatoms. The Morgan fingerprint density at radius 3 is 2.85 bits per heavy atom. The van der Waals surface area contributed by atoms with Crippen LogP contribution in [0.3, 0.4) is 0 Å². The molecule has 0 unspecified atom stereocenters. The maximum absolute atomic E-state index is 9.90. The lowest BCUT2D eigenvalue weighted by Gasteiger charge is -2.06. The number of aliphatic hydroxyl groups is 1. The minimum Gasteiger partial charge on any atom is -0.385 e. The van der Waals surface area contributed by atoms with E-state index in [1.807, 2.05) is 6.07 Å². The molecule has 0 amide bonds. The fourth-order valence-electron chi connectivity index (χ4n) is 1.66. The summed E-state index contributed by atoms with van der Waals surface area (Å²) in [6.45, 7) is 0. The summed E-state index contributed by atoms with van der Waals surface area (Å²) in [5.41, 5.74) is 0.592. The van der Waals surface area contributed by atoms with Crippen molar-refractivity contribution in [1.29, 1.82) is 0 Å². The Hall–Kier alpha value is -0.860. The number of fused-ring (bicyclic) bond motifs is 1. The van der Waals surface area contributed by atoms with Gasteiger partial charge in [0.05, 0.1) is 5.60 Å². The normalized spacial score (nSPS) is 19.2. The van der Waals surface area contributed by atoms with Crippen LogP contribution in [-0.4, -0.2) is 5.11 Å². The van der Waals surface area contributed by atoms with Gasteiger partial charge in [-0.15, -0.1) is 11.3 Å². The van der Waals surface area contributed by atoms with E-state index in [2.05, 4.69) is 23.6 Å². The third kappa shape index (κ3) is 1.10. The van der Waals surface area contributed by atoms with Crippen LogP contribution in [0.15, 0.2) is 29.6 Å². The summed E-state index contributed by atoms with van der Waals surface area (Å²) in [7, 11) is 0. The van der Waals surface area contributed by atoms with Gasteiger partial charge in [0, 0.05) is 4.70 Å². The fraction of sp³-hybridized carbons (Fsp3) is 0.273. The van der Waals surface area contributed by atoms with E-state index in [4.69, 9.17) is 0 Å². The summed E-state index contributed by atoms with van der Waals surface area (Å²) in [6.07, 6.45) is 1.84. The Morgan fingerprint density at radius 2 is 2.08 bits per heavy atom. The van der Waals surface area contributed by atoms with Crippen LogP contribution in [0.25, 0.3) is 10.1 Å². The Labute approximate surface area is 80.6 Å². The van der Waals surface area contributed by atoms with E-state index in [0.717, 1.165) is 18.4 Å². The van der Waals surface area contributed by atoms with Crippen LogP contribution in [0.5, 0.6) is 0 Å². The molecule has 1 aromatic heterocycles. The number of hydrogen-bond donors (Lipinski definition) is 1. The van der Waals surface area contributed by atoms with Crippen LogP contribution < -0.4 is 0 Å². The van der Waals surface area contributed by atoms with Crippen LogP contribution in [-0.2, 0) is 5.60 Å². The van der Waals surface area contributed by atoms with Gasteiger partial charge in [-0.3, -0.25) is 0 Å². The van der Waals surface area contributed by atoms with E-state index < -0.39 is 5.60 Å². The van der Waals surface area contributed by atoms with Gasteiger partial charge in [0.15, 0.2) is 0 Å². The standard InChI is InChI=1S/C11H10OS/c12-11(4-5-11)9-1-2-10-8(7-9)3-6-13-10/h1-3,6-7,12H,4-5H2. The smallest absolute Gasteiger partial charge is 0.0899 e. The molecule has 1 N–H and O–H groups in total. The van der Waals surface area contributed by atoms with E-state index in [0.29, 0.717) is 0 Å². The molecule has 1 aromatic carbocycles. The first-order chi connectivity index (χ1) is 6.28. The molecule has 0 radical (unpaired) electrons. The van der Waals surface area contributed by atoms with Gasteiger partial charge >= 0.3 is 0 Å². The molecule has 66 valence electrons. The Kier molecular flexibility index (Phi) is 1.35. The monoisotopic (exact) mass is 190 g/mol. The summed E-state index contributed by atoms with van der Waals surface area (Å²) in [6, 6.07) is 8.37. The largest absolute Gasteiger partial charge is 0.385 e. The highest BCUT2D eigenvalue weighted by Crippen LogP contribution is 2.46. The number of rotatable bonds is 1. The summed E-state index contributed by atoms with van der Waals surface area (Å²) >= 11 is 1.75. The molecular formula is C11H10OS. The number of thiophene rings is 1. The maximum Gasteiger partial charge on any atom is 0.0899 e. The van der Waals surface area contributed by atoms with Gasteiger partial charge in [-0.2, -0.15) is 0 Å². The average molecular weight is 190 g/mol. The van der Waals surface area contributed by atoms with E-state index in [-0.39, 0.29) is 0 Å². The molecule has 0 atom stereocenters. The van der Waals surface area contributed by atoms with E-state index in [1.165, 1.54) is 10.1 Å². The number of benzene rings is 1. The summed E-state index contributed by atoms with van der Waals surface area (Å²) < 4.78 is 1.30. The van der Waals surface area contributed by atoms with Gasteiger partial charge < -0.3 is 5.11 Å². The first-order valence-electron chi connectivity index (χ1n) is 4.48. The van der Waals surface area contributed by atoms with Crippen molar-refractivity contribution in [3.05, 3.63) is 35.2 Å². The molecule has 0 bridgehead atoms. The average Bonchev–Trinajstić information content (AvgIpc) is 2.74. The predicted octanol–water partition coefficient (Wildman–Crippen LogP) is 2.88. The Balaban J connectivity index is 2.20. The van der Waals surface area contributed by atoms with Gasteiger partial charge in [-0.05, 0) is 47.4 Å². The molecule has 13 heavy (non-hydrogen) atoms. The van der Waals surface area contributed by atoms with Crippen molar-refractivity contribution in [2.75, 3.05) is 0 Å². The quantitative estimate of drug-likeness (QED) is 0.733. The van der Waals surface area contributed by atoms with Crippen molar-refractivity contribution in [2.24, 2.45) is 0 Å². The zero-order valence-corrected chi connectivity index (χ0v) is 7.97. The highest BCUT2D eigenvalue weighted by molar-refractivity contribution is 7.17. The van der Waals surface area contributed by atoms with Crippen LogP contribution in [0.4, 0.5) is 0 Å². The molecule has 0 aliphatic heterocycles. The van der Waals surface area contributed by atoms with Gasteiger partial charge in [0.2, 0.25) is 0 Å². The van der Waals surface area contributed by atoms with E-state index in [9.17, 15) is 5.11 Å². The molecule has 1 fully saturated rings. The highest BCUT2D eigenvalue weighted by Gasteiger charge is 2.41. The summed E-state index contributed by atoms with van der Waals surface area (Å²) in [5.74, 6) is 0. The maximum atomic E-state index is 9.90. The molecule has 3 rings (SSSR count). The van der Waals surface area contributed by atoms with Crippen LogP contribution in [0, 0.1) is 0 Å². The minimum absolute atomic E-state index is 0.490. The van der Waals surface area contributed by atoms with Gasteiger partial charge in [-0.1, -0.05) is 6.07 Å². The molecule has 1 aliphatic rings. The summed E-state index contributed by atoms with van der Waals surface area (Å²) in [5, 5.41) is 13.2. The third-order valence-electron chi connectivity index (χ3n) is 2.71. The van der Waals surface area contributed by atoms with Gasteiger partial charge in [-0.25, -0.2) is 0 Å². The zero-order chi connectivity index (χ0) is 8.89. The molecule has 1 heterocycles. The zero-order valence-electron chi connectivity index (χ0n) is 7.16. The van der Waals surface area contributed by atoms with E-state index >= 15 is 0 Å². The molecule has 0 saturated heterocycles. The lowest BCUT2D eigenvalue weighted by Crippen LogP contribution is -2.02. The lowest BCUT2D eigenvalue weighted by molar-refractivity contribution is 0.151. The Morgan fingerprint density at radius 1 is 1.23 bits per heavy atom. The van der Waals surface area contributed by atoms with Crippen molar-refractivity contribution in [1.82, 2.24) is 0 Å². The molecule has 2 aromatic rings. The van der Waals surface area contributed by atoms with Crippen molar-refractivity contribution in [3.8, 4) is 0 Å². The highest BCUT2D eigenvalue weighted by atomic mass is 32.1. The van der Waals surface area contributed by atoms with Crippen LogP contribution >= 0.6 is 11.3 Å². The van der Waals surface area contributed by atoms with Crippen molar-refractivity contribution in [3.63, 3.8) is 0 Å². The van der Waals surface area contributed by atoms with Crippen molar-refractivity contribution >= 4 is 21.4 Å². The predicted molar refractivity (Wildman–Crippen MR) is 55.0 cm³/mol. The van der Waals surface area contributed by atoms with E-state index in [1.54, 1.807) is 11.3 Å². The van der Waals surface area contributed by atoms with Gasteiger partial charge in [0.1, 0.15) is 0 Å². The van der Waals surface area contributed by atoms with Crippen molar-refractivity contribution in [2.45, 2.75) is 18.4 Å². The summed E-state index contributed by atoms with van der Waals surface area (Å²) in [4.78, 5) is 0. The molecule has 1 aliphatic carbocycles. The van der Waals surface area contributed by atoms with Gasteiger partial charge in [0.25, 0.3) is 0 Å². The lowest BCUT2D eigenvalue weighted by atomic mass is 10.1.